The Balaban J connectivity index is 1.85. The largest absolute Gasteiger partial charge is 0.496 e. The van der Waals surface area contributed by atoms with Gasteiger partial charge in [0.25, 0.3) is 5.91 Å². The van der Waals surface area contributed by atoms with Crippen molar-refractivity contribution in [2.75, 3.05) is 7.11 Å². The fourth-order valence-electron chi connectivity index (χ4n) is 2.50. The van der Waals surface area contributed by atoms with Crippen molar-refractivity contribution in [2.24, 2.45) is 0 Å². The van der Waals surface area contributed by atoms with E-state index in [1.165, 1.54) is 7.11 Å². The number of carbonyl (C=O) groups is 1. The van der Waals surface area contributed by atoms with Gasteiger partial charge in [0.2, 0.25) is 0 Å². The molecule has 142 valence electrons. The number of amides is 1. The third kappa shape index (κ3) is 3.82. The van der Waals surface area contributed by atoms with Crippen LogP contribution in [0, 0.1) is 6.92 Å². The summed E-state index contributed by atoms with van der Waals surface area (Å²) in [5.74, 6) is 0.241. The van der Waals surface area contributed by atoms with Crippen LogP contribution < -0.4 is 10.1 Å². The average molecular weight is 399 g/mol. The van der Waals surface area contributed by atoms with Gasteiger partial charge in [0.15, 0.2) is 11.5 Å². The summed E-state index contributed by atoms with van der Waals surface area (Å²) < 4.78 is 45.2. The van der Waals surface area contributed by atoms with Crippen LogP contribution in [0.25, 0.3) is 5.65 Å². The number of alkyl halides is 3. The molecule has 3 rings (SSSR count). The van der Waals surface area contributed by atoms with Crippen LogP contribution >= 0.6 is 11.6 Å². The lowest BCUT2D eigenvalue weighted by molar-refractivity contribution is -0.137. The first-order chi connectivity index (χ1) is 12.7. The van der Waals surface area contributed by atoms with E-state index in [2.05, 4.69) is 15.5 Å². The number of rotatable bonds is 4. The number of carbonyl (C=O) groups excluding carboxylic acids is 1. The predicted molar refractivity (Wildman–Crippen MR) is 91.9 cm³/mol. The van der Waals surface area contributed by atoms with E-state index >= 15 is 0 Å². The van der Waals surface area contributed by atoms with Crippen LogP contribution in [0.5, 0.6) is 5.75 Å². The summed E-state index contributed by atoms with van der Waals surface area (Å²) in [5, 5.41) is 10.0. The third-order valence-electron chi connectivity index (χ3n) is 3.94. The maximum Gasteiger partial charge on any atom is 0.417 e. The quantitative estimate of drug-likeness (QED) is 0.728. The second kappa shape index (κ2) is 7.07. The van der Waals surface area contributed by atoms with Crippen molar-refractivity contribution in [3.63, 3.8) is 0 Å². The first-order valence-corrected chi connectivity index (χ1v) is 8.11. The summed E-state index contributed by atoms with van der Waals surface area (Å²) >= 11 is 5.86. The van der Waals surface area contributed by atoms with Gasteiger partial charge in [0.05, 0.1) is 24.2 Å². The van der Waals surface area contributed by atoms with Gasteiger partial charge in [0.1, 0.15) is 5.75 Å². The van der Waals surface area contributed by atoms with Crippen molar-refractivity contribution in [1.29, 1.82) is 0 Å². The molecule has 6 nitrogen and oxygen atoms in total. The fraction of sp³-hybridized carbons (Fsp3) is 0.235. The zero-order chi connectivity index (χ0) is 19.8. The zero-order valence-corrected chi connectivity index (χ0v) is 15.0. The minimum Gasteiger partial charge on any atom is -0.496 e. The maximum absolute atomic E-state index is 13.0. The van der Waals surface area contributed by atoms with Gasteiger partial charge < -0.3 is 10.1 Å². The van der Waals surface area contributed by atoms with Gasteiger partial charge in [-0.15, -0.1) is 10.2 Å². The van der Waals surface area contributed by atoms with Crippen LogP contribution in [0.15, 0.2) is 30.5 Å². The predicted octanol–water partition coefficient (Wildman–Crippen LogP) is 3.65. The first-order valence-electron chi connectivity index (χ1n) is 7.74. The van der Waals surface area contributed by atoms with Gasteiger partial charge in [-0.2, -0.15) is 13.2 Å². The molecule has 0 atom stereocenters. The van der Waals surface area contributed by atoms with Gasteiger partial charge in [0, 0.05) is 11.8 Å². The fourth-order valence-corrected chi connectivity index (χ4v) is 2.74. The summed E-state index contributed by atoms with van der Waals surface area (Å²) in [7, 11) is 1.49. The maximum atomic E-state index is 13.0. The highest BCUT2D eigenvalue weighted by Gasteiger charge is 2.32. The van der Waals surface area contributed by atoms with Gasteiger partial charge in [-0.3, -0.25) is 9.20 Å². The number of aryl methyl sites for hydroxylation is 1. The van der Waals surface area contributed by atoms with Crippen molar-refractivity contribution < 1.29 is 22.7 Å². The molecule has 0 spiro atoms. The van der Waals surface area contributed by atoms with E-state index in [0.29, 0.717) is 11.3 Å². The molecular formula is C17H14ClF3N4O2. The Morgan fingerprint density at radius 1 is 1.30 bits per heavy atom. The molecule has 1 N–H and O–H groups in total. The summed E-state index contributed by atoms with van der Waals surface area (Å²) in [5.41, 5.74) is 0.355. The first kappa shape index (κ1) is 19.0. The van der Waals surface area contributed by atoms with Crippen molar-refractivity contribution in [3.05, 3.63) is 58.0 Å². The minimum atomic E-state index is -4.57. The zero-order valence-electron chi connectivity index (χ0n) is 14.3. The number of hydrogen-bond acceptors (Lipinski definition) is 4. The van der Waals surface area contributed by atoms with Gasteiger partial charge in [-0.05, 0) is 30.7 Å². The molecule has 0 aliphatic carbocycles. The molecule has 0 unspecified atom stereocenters. The van der Waals surface area contributed by atoms with Crippen molar-refractivity contribution in [3.8, 4) is 5.75 Å². The Morgan fingerprint density at radius 3 is 2.70 bits per heavy atom. The van der Waals surface area contributed by atoms with Crippen LogP contribution in [0.4, 0.5) is 13.2 Å². The molecule has 1 amide bonds. The second-order valence-electron chi connectivity index (χ2n) is 5.75. The number of fused-ring (bicyclic) bond motifs is 1. The topological polar surface area (TPSA) is 68.5 Å². The van der Waals surface area contributed by atoms with E-state index in [1.54, 1.807) is 18.2 Å². The number of aromatic nitrogens is 3. The van der Waals surface area contributed by atoms with E-state index in [-0.39, 0.29) is 23.0 Å². The second-order valence-corrected chi connectivity index (χ2v) is 6.16. The van der Waals surface area contributed by atoms with Crippen LogP contribution in [0.2, 0.25) is 5.02 Å². The van der Waals surface area contributed by atoms with Gasteiger partial charge in [-0.1, -0.05) is 17.7 Å². The number of methoxy groups -OCH3 is 1. The summed E-state index contributed by atoms with van der Waals surface area (Å²) in [6.07, 6.45) is -3.72. The Labute approximate surface area is 156 Å². The lowest BCUT2D eigenvalue weighted by Crippen LogP contribution is -2.24. The summed E-state index contributed by atoms with van der Waals surface area (Å²) in [4.78, 5) is 12.3. The van der Waals surface area contributed by atoms with E-state index in [4.69, 9.17) is 16.3 Å². The lowest BCUT2D eigenvalue weighted by Gasteiger charge is -2.10. The van der Waals surface area contributed by atoms with Crippen LogP contribution in [0.1, 0.15) is 27.3 Å². The number of pyridine rings is 1. The monoisotopic (exact) mass is 398 g/mol. The third-order valence-corrected chi connectivity index (χ3v) is 4.21. The molecule has 2 aromatic heterocycles. The van der Waals surface area contributed by atoms with E-state index in [0.717, 1.165) is 22.2 Å². The minimum absolute atomic E-state index is 0.0749. The highest BCUT2D eigenvalue weighted by Crippen LogP contribution is 2.32. The standard InChI is InChI=1S/C17H14ClF3N4O2/c1-9-3-4-10(5-13(9)27-2)16(26)22-7-14-23-24-15-12(18)6-11(8-25(14)15)17(19,20)21/h3-6,8H,7H2,1-2H3,(H,22,26). The Kier molecular flexibility index (Phi) is 4.97. The molecule has 0 fully saturated rings. The highest BCUT2D eigenvalue weighted by atomic mass is 35.5. The number of hydrogen-bond donors (Lipinski definition) is 1. The van der Waals surface area contributed by atoms with E-state index in [9.17, 15) is 18.0 Å². The van der Waals surface area contributed by atoms with Crippen molar-refractivity contribution >= 4 is 23.2 Å². The molecule has 0 radical (unpaired) electrons. The van der Waals surface area contributed by atoms with E-state index in [1.807, 2.05) is 6.92 Å². The van der Waals surface area contributed by atoms with Gasteiger partial charge >= 0.3 is 6.18 Å². The Morgan fingerprint density at radius 2 is 2.04 bits per heavy atom. The number of ether oxygens (including phenoxy) is 1. The highest BCUT2D eigenvalue weighted by molar-refractivity contribution is 6.33. The smallest absolute Gasteiger partial charge is 0.417 e. The van der Waals surface area contributed by atoms with Crippen LogP contribution in [-0.2, 0) is 12.7 Å². The van der Waals surface area contributed by atoms with Crippen LogP contribution in [-0.4, -0.2) is 27.6 Å². The van der Waals surface area contributed by atoms with Crippen molar-refractivity contribution in [2.45, 2.75) is 19.6 Å². The Bertz CT molecular complexity index is 1020. The molecule has 0 bridgehead atoms. The molecular weight excluding hydrogens is 385 g/mol. The lowest BCUT2D eigenvalue weighted by atomic mass is 10.1. The molecule has 0 aliphatic heterocycles. The normalized spacial score (nSPS) is 11.6. The molecule has 0 saturated carbocycles. The van der Waals surface area contributed by atoms with E-state index < -0.39 is 17.6 Å². The molecule has 0 aliphatic rings. The number of halogens is 4. The molecule has 10 heteroatoms. The average Bonchev–Trinajstić information content (AvgIpc) is 3.03. The van der Waals surface area contributed by atoms with Gasteiger partial charge in [-0.25, -0.2) is 0 Å². The van der Waals surface area contributed by atoms with Crippen molar-refractivity contribution in [1.82, 2.24) is 19.9 Å². The molecule has 27 heavy (non-hydrogen) atoms. The number of nitrogens with one attached hydrogen (secondary N) is 1. The molecule has 3 aromatic rings. The molecule has 2 heterocycles. The molecule has 0 saturated heterocycles. The summed E-state index contributed by atoms with van der Waals surface area (Å²) in [6, 6.07) is 5.71. The number of benzene rings is 1. The SMILES string of the molecule is COc1cc(C(=O)NCc2nnc3c(Cl)cc(C(F)(F)F)cn23)ccc1C. The Hall–Kier alpha value is -2.81. The number of nitrogens with zero attached hydrogens (tertiary/aromatic N) is 3. The van der Waals surface area contributed by atoms with Crippen LogP contribution in [0.3, 0.4) is 0 Å². The summed E-state index contributed by atoms with van der Waals surface area (Å²) in [6.45, 7) is 1.71. The molecule has 1 aromatic carbocycles.